The van der Waals surface area contributed by atoms with Crippen LogP contribution < -0.4 is 5.32 Å². The van der Waals surface area contributed by atoms with Crippen LogP contribution in [-0.2, 0) is 19.1 Å². The van der Waals surface area contributed by atoms with Crippen LogP contribution in [-0.4, -0.2) is 34.5 Å². The first-order chi connectivity index (χ1) is 9.15. The fourth-order valence-electron chi connectivity index (χ4n) is 1.85. The number of cyclic esters (lactones) is 1. The number of carbonyl (C=O) groups excluding carboxylic acids is 3. The molecule has 0 unspecified atom stereocenters. The number of nitrogens with one attached hydrogen (secondary N) is 2. The summed E-state index contributed by atoms with van der Waals surface area (Å²) in [5.41, 5.74) is 0.769. The molecule has 7 heteroatoms. The molecule has 1 aliphatic carbocycles. The molecule has 0 saturated heterocycles. The van der Waals surface area contributed by atoms with Crippen molar-refractivity contribution < 1.29 is 19.1 Å². The van der Waals surface area contributed by atoms with Gasteiger partial charge in [-0.2, -0.15) is 5.10 Å². The van der Waals surface area contributed by atoms with Crippen molar-refractivity contribution in [3.8, 4) is 0 Å². The van der Waals surface area contributed by atoms with Gasteiger partial charge in [0, 0.05) is 17.7 Å². The first-order valence-electron chi connectivity index (χ1n) is 5.93. The molecule has 3 rings (SSSR count). The van der Waals surface area contributed by atoms with Crippen molar-refractivity contribution in [1.29, 1.82) is 0 Å². The van der Waals surface area contributed by atoms with E-state index in [2.05, 4.69) is 20.3 Å². The summed E-state index contributed by atoms with van der Waals surface area (Å²) in [5, 5.41) is 9.27. The van der Waals surface area contributed by atoms with Gasteiger partial charge >= 0.3 is 5.97 Å². The summed E-state index contributed by atoms with van der Waals surface area (Å²) in [6.45, 7) is -0.0682. The van der Waals surface area contributed by atoms with Gasteiger partial charge in [-0.05, 0) is 18.9 Å². The number of hydrogen-bond donors (Lipinski definition) is 2. The summed E-state index contributed by atoms with van der Waals surface area (Å²) in [6.07, 6.45) is 3.52. The molecular weight excluding hydrogens is 250 g/mol. The predicted octanol–water partition coefficient (Wildman–Crippen LogP) is 0.278. The molecule has 0 spiro atoms. The Hall–Kier alpha value is -2.44. The summed E-state index contributed by atoms with van der Waals surface area (Å²) < 4.78 is 4.50. The molecule has 1 amide bonds. The van der Waals surface area contributed by atoms with Gasteiger partial charge in [-0.25, -0.2) is 4.79 Å². The number of amides is 1. The summed E-state index contributed by atoms with van der Waals surface area (Å²) in [6, 6.07) is 1.74. The first kappa shape index (κ1) is 11.6. The molecule has 19 heavy (non-hydrogen) atoms. The average molecular weight is 261 g/mol. The van der Waals surface area contributed by atoms with Gasteiger partial charge < -0.3 is 10.1 Å². The molecule has 0 aromatic carbocycles. The molecule has 2 aliphatic rings. The Morgan fingerprint density at radius 2 is 2.21 bits per heavy atom. The van der Waals surface area contributed by atoms with Crippen LogP contribution in [0.5, 0.6) is 0 Å². The molecule has 1 aromatic rings. The molecule has 0 bridgehead atoms. The van der Waals surface area contributed by atoms with Crippen molar-refractivity contribution in [3.63, 3.8) is 0 Å². The van der Waals surface area contributed by atoms with E-state index in [0.29, 0.717) is 11.7 Å². The van der Waals surface area contributed by atoms with Crippen molar-refractivity contribution in [1.82, 2.24) is 10.2 Å². The zero-order valence-electron chi connectivity index (χ0n) is 9.93. The largest absolute Gasteiger partial charge is 0.455 e. The van der Waals surface area contributed by atoms with Gasteiger partial charge in [0.25, 0.3) is 11.7 Å². The zero-order valence-corrected chi connectivity index (χ0v) is 9.93. The third-order valence-electron chi connectivity index (χ3n) is 3.03. The quantitative estimate of drug-likeness (QED) is 0.462. The minimum atomic E-state index is -1.01. The second-order valence-corrected chi connectivity index (χ2v) is 4.48. The topological polar surface area (TPSA) is 101 Å². The molecule has 2 N–H and O–H groups in total. The van der Waals surface area contributed by atoms with E-state index in [0.717, 1.165) is 18.5 Å². The molecular formula is C12H11N3O4. The third kappa shape index (κ3) is 2.26. The number of anilines is 1. The van der Waals surface area contributed by atoms with E-state index in [9.17, 15) is 14.4 Å². The molecule has 0 atom stereocenters. The molecule has 0 radical (unpaired) electrons. The van der Waals surface area contributed by atoms with Crippen LogP contribution in [0.2, 0.25) is 0 Å². The van der Waals surface area contributed by atoms with E-state index in [1.165, 1.54) is 6.08 Å². The van der Waals surface area contributed by atoms with Gasteiger partial charge in [-0.1, -0.05) is 0 Å². The van der Waals surface area contributed by atoms with Crippen molar-refractivity contribution in [2.75, 3.05) is 11.9 Å². The lowest BCUT2D eigenvalue weighted by Crippen LogP contribution is -2.31. The Balaban J connectivity index is 1.71. The van der Waals surface area contributed by atoms with Gasteiger partial charge in [-0.15, -0.1) is 0 Å². The van der Waals surface area contributed by atoms with Gasteiger partial charge in [0.05, 0.1) is 5.57 Å². The SMILES string of the molecule is O=C(Nc1cc(C2CC2)[nH]n1)C1=CCOC(=O)C1=O. The molecule has 1 aliphatic heterocycles. The molecule has 98 valence electrons. The number of aromatic amines is 1. The van der Waals surface area contributed by atoms with E-state index < -0.39 is 17.7 Å². The van der Waals surface area contributed by atoms with E-state index in [-0.39, 0.29) is 12.2 Å². The Labute approximate surface area is 108 Å². The van der Waals surface area contributed by atoms with E-state index in [4.69, 9.17) is 0 Å². The number of esters is 1. The van der Waals surface area contributed by atoms with Crippen LogP contribution in [0.15, 0.2) is 17.7 Å². The van der Waals surface area contributed by atoms with Gasteiger partial charge in [-0.3, -0.25) is 14.7 Å². The number of Topliss-reactive ketones (excluding diaryl/α,β-unsaturated/α-hetero) is 1. The summed E-state index contributed by atoms with van der Waals surface area (Å²) in [5.74, 6) is -1.74. The second-order valence-electron chi connectivity index (χ2n) is 4.48. The van der Waals surface area contributed by atoms with E-state index in [1.54, 1.807) is 6.07 Å². The Morgan fingerprint density at radius 3 is 2.95 bits per heavy atom. The standard InChI is InChI=1S/C12H11N3O4/c16-10-7(3-4-19-12(10)18)11(17)13-9-5-8(14-15-9)6-1-2-6/h3,5-6H,1-2,4H2,(H2,13,14,15,17). The van der Waals surface area contributed by atoms with Crippen LogP contribution in [0.1, 0.15) is 24.5 Å². The van der Waals surface area contributed by atoms with Gasteiger partial charge in [0.2, 0.25) is 0 Å². The summed E-state index contributed by atoms with van der Waals surface area (Å²) >= 11 is 0. The Bertz CT molecular complexity index is 598. The number of rotatable bonds is 3. The third-order valence-corrected chi connectivity index (χ3v) is 3.03. The highest BCUT2D eigenvalue weighted by Gasteiger charge is 2.30. The Morgan fingerprint density at radius 1 is 1.42 bits per heavy atom. The summed E-state index contributed by atoms with van der Waals surface area (Å²) in [7, 11) is 0. The van der Waals surface area contributed by atoms with Gasteiger partial charge in [0.15, 0.2) is 5.82 Å². The highest BCUT2D eigenvalue weighted by molar-refractivity contribution is 6.48. The zero-order chi connectivity index (χ0) is 13.4. The number of ketones is 1. The van der Waals surface area contributed by atoms with Crippen molar-refractivity contribution >= 4 is 23.5 Å². The molecule has 7 nitrogen and oxygen atoms in total. The van der Waals surface area contributed by atoms with Crippen molar-refractivity contribution in [3.05, 3.63) is 23.4 Å². The Kier molecular flexibility index (Phi) is 2.66. The number of carbonyl (C=O) groups is 3. The molecule has 2 heterocycles. The van der Waals surface area contributed by atoms with Crippen molar-refractivity contribution in [2.45, 2.75) is 18.8 Å². The highest BCUT2D eigenvalue weighted by Crippen LogP contribution is 2.39. The maximum Gasteiger partial charge on any atom is 0.380 e. The highest BCUT2D eigenvalue weighted by atomic mass is 16.5. The van der Waals surface area contributed by atoms with Crippen LogP contribution in [0, 0.1) is 0 Å². The number of aromatic nitrogens is 2. The lowest BCUT2D eigenvalue weighted by molar-refractivity contribution is -0.152. The molecule has 1 aromatic heterocycles. The number of ether oxygens (including phenoxy) is 1. The minimum Gasteiger partial charge on any atom is -0.455 e. The lowest BCUT2D eigenvalue weighted by Gasteiger charge is -2.10. The van der Waals surface area contributed by atoms with E-state index >= 15 is 0 Å². The van der Waals surface area contributed by atoms with Crippen LogP contribution in [0.4, 0.5) is 5.82 Å². The fraction of sp³-hybridized carbons (Fsp3) is 0.333. The summed E-state index contributed by atoms with van der Waals surface area (Å²) in [4.78, 5) is 34.4. The van der Waals surface area contributed by atoms with Crippen molar-refractivity contribution in [2.24, 2.45) is 0 Å². The normalized spacial score (nSPS) is 18.8. The van der Waals surface area contributed by atoms with Gasteiger partial charge in [0.1, 0.15) is 6.61 Å². The maximum atomic E-state index is 11.9. The average Bonchev–Trinajstić information content (AvgIpc) is 3.14. The fourth-order valence-corrected chi connectivity index (χ4v) is 1.85. The predicted molar refractivity (Wildman–Crippen MR) is 63.2 cm³/mol. The monoisotopic (exact) mass is 261 g/mol. The van der Waals surface area contributed by atoms with Crippen LogP contribution in [0.3, 0.4) is 0 Å². The first-order valence-corrected chi connectivity index (χ1v) is 5.93. The lowest BCUT2D eigenvalue weighted by atomic mass is 10.1. The number of nitrogens with zero attached hydrogens (tertiary/aromatic N) is 1. The molecule has 1 fully saturated rings. The van der Waals surface area contributed by atoms with Crippen LogP contribution >= 0.6 is 0 Å². The second kappa shape index (κ2) is 4.34. The maximum absolute atomic E-state index is 11.9. The smallest absolute Gasteiger partial charge is 0.380 e. The number of hydrogen-bond acceptors (Lipinski definition) is 5. The van der Waals surface area contributed by atoms with Crippen LogP contribution in [0.25, 0.3) is 0 Å². The minimum absolute atomic E-state index is 0.0682. The number of H-pyrrole nitrogens is 1. The van der Waals surface area contributed by atoms with E-state index in [1.807, 2.05) is 0 Å². The molecule has 1 saturated carbocycles.